The summed E-state index contributed by atoms with van der Waals surface area (Å²) in [7, 11) is 1.34. The number of carbonyl (C=O) groups is 2. The highest BCUT2D eigenvalue weighted by Crippen LogP contribution is 2.39. The minimum Gasteiger partial charge on any atom is -0.469 e. The van der Waals surface area contributed by atoms with Crippen LogP contribution in [0.1, 0.15) is 48.0 Å². The number of ether oxygens (including phenoxy) is 1. The van der Waals surface area contributed by atoms with Crippen LogP contribution in [0.15, 0.2) is 24.3 Å². The number of hydrogen-bond acceptors (Lipinski definition) is 3. The molecule has 1 atom stereocenters. The van der Waals surface area contributed by atoms with E-state index in [-0.39, 0.29) is 24.1 Å². The fraction of sp³-hybridized carbons (Fsp3) is 0.467. The molecule has 1 saturated carbocycles. The molecule has 2 rings (SSSR count). The minimum atomic E-state index is -0.342. The van der Waals surface area contributed by atoms with Crippen molar-refractivity contribution >= 4 is 11.8 Å². The molecule has 18 heavy (non-hydrogen) atoms. The molecule has 0 amide bonds. The van der Waals surface area contributed by atoms with Crippen molar-refractivity contribution in [2.45, 2.75) is 32.1 Å². The molecule has 0 aliphatic heterocycles. The van der Waals surface area contributed by atoms with Crippen molar-refractivity contribution in [2.24, 2.45) is 5.92 Å². The van der Waals surface area contributed by atoms with Gasteiger partial charge in [0.2, 0.25) is 0 Å². The molecule has 1 aliphatic carbocycles. The monoisotopic (exact) mass is 246 g/mol. The third kappa shape index (κ3) is 2.97. The first-order valence-electron chi connectivity index (χ1n) is 6.32. The Hall–Kier alpha value is -1.64. The Morgan fingerprint density at radius 1 is 1.28 bits per heavy atom. The van der Waals surface area contributed by atoms with E-state index in [0.29, 0.717) is 11.5 Å². The van der Waals surface area contributed by atoms with Crippen LogP contribution in [0.4, 0.5) is 0 Å². The largest absolute Gasteiger partial charge is 0.469 e. The van der Waals surface area contributed by atoms with Gasteiger partial charge < -0.3 is 4.74 Å². The Kier molecular flexibility index (Phi) is 3.80. The second-order valence-electron chi connectivity index (χ2n) is 4.94. The van der Waals surface area contributed by atoms with E-state index >= 15 is 0 Å². The first-order chi connectivity index (χ1) is 8.61. The van der Waals surface area contributed by atoms with Crippen molar-refractivity contribution in [3.05, 3.63) is 35.4 Å². The molecule has 1 fully saturated rings. The van der Waals surface area contributed by atoms with Gasteiger partial charge in [-0.05, 0) is 24.3 Å². The fourth-order valence-electron chi connectivity index (χ4n) is 2.05. The van der Waals surface area contributed by atoms with Crippen LogP contribution in [-0.4, -0.2) is 18.9 Å². The van der Waals surface area contributed by atoms with Gasteiger partial charge in [0, 0.05) is 11.5 Å². The number of esters is 1. The van der Waals surface area contributed by atoms with Crippen LogP contribution in [0.2, 0.25) is 0 Å². The second-order valence-corrected chi connectivity index (χ2v) is 4.94. The van der Waals surface area contributed by atoms with E-state index in [0.717, 1.165) is 0 Å². The summed E-state index contributed by atoms with van der Waals surface area (Å²) < 4.78 is 4.57. The van der Waals surface area contributed by atoms with Crippen molar-refractivity contribution in [1.82, 2.24) is 0 Å². The molecule has 1 aromatic carbocycles. The third-order valence-corrected chi connectivity index (χ3v) is 3.39. The summed E-state index contributed by atoms with van der Waals surface area (Å²) in [5.74, 6) is 0.0269. The first kappa shape index (κ1) is 12.8. The van der Waals surface area contributed by atoms with Crippen LogP contribution in [-0.2, 0) is 9.53 Å². The van der Waals surface area contributed by atoms with E-state index in [2.05, 4.69) is 4.74 Å². The Balaban J connectivity index is 2.01. The molecular weight excluding hydrogens is 228 g/mol. The maximum absolute atomic E-state index is 12.1. The molecule has 0 aromatic heterocycles. The van der Waals surface area contributed by atoms with Crippen LogP contribution < -0.4 is 0 Å². The average Bonchev–Trinajstić information content (AvgIpc) is 3.22. The predicted octanol–water partition coefficient (Wildman–Crippen LogP) is 2.95. The lowest BCUT2D eigenvalue weighted by molar-refractivity contribution is -0.141. The lowest BCUT2D eigenvalue weighted by atomic mass is 9.95. The molecule has 0 heterocycles. The van der Waals surface area contributed by atoms with Gasteiger partial charge in [-0.1, -0.05) is 31.2 Å². The van der Waals surface area contributed by atoms with Gasteiger partial charge in [-0.2, -0.15) is 0 Å². The van der Waals surface area contributed by atoms with Crippen LogP contribution in [0.3, 0.4) is 0 Å². The number of ketones is 1. The van der Waals surface area contributed by atoms with Crippen molar-refractivity contribution in [3.63, 3.8) is 0 Å². The van der Waals surface area contributed by atoms with E-state index in [1.54, 1.807) is 6.92 Å². The van der Waals surface area contributed by atoms with Crippen LogP contribution in [0, 0.1) is 5.92 Å². The maximum atomic E-state index is 12.1. The minimum absolute atomic E-state index is 0.00254. The second kappa shape index (κ2) is 5.34. The summed E-state index contributed by atoms with van der Waals surface area (Å²) in [6.07, 6.45) is 2.65. The Morgan fingerprint density at radius 2 is 1.89 bits per heavy atom. The number of hydrogen-bond donors (Lipinski definition) is 0. The van der Waals surface area contributed by atoms with Gasteiger partial charge in [0.1, 0.15) is 0 Å². The van der Waals surface area contributed by atoms with Crippen LogP contribution in [0.5, 0.6) is 0 Å². The van der Waals surface area contributed by atoms with Gasteiger partial charge in [0.25, 0.3) is 0 Å². The molecule has 1 aliphatic rings. The number of methoxy groups -OCH3 is 1. The van der Waals surface area contributed by atoms with Crippen LogP contribution in [0.25, 0.3) is 0 Å². The molecule has 3 nitrogen and oxygen atoms in total. The van der Waals surface area contributed by atoms with Gasteiger partial charge in [-0.15, -0.1) is 0 Å². The van der Waals surface area contributed by atoms with Gasteiger partial charge in [-0.25, -0.2) is 0 Å². The number of Topliss-reactive ketones (excluding diaryl/α,β-unsaturated/α-hetero) is 1. The fourth-order valence-corrected chi connectivity index (χ4v) is 2.05. The molecule has 1 unspecified atom stereocenters. The summed E-state index contributed by atoms with van der Waals surface area (Å²) in [6.45, 7) is 1.76. The summed E-state index contributed by atoms with van der Waals surface area (Å²) in [4.78, 5) is 23.2. The van der Waals surface area contributed by atoms with E-state index in [1.165, 1.54) is 25.5 Å². The highest BCUT2D eigenvalue weighted by Gasteiger charge is 2.24. The Bertz CT molecular complexity index is 443. The highest BCUT2D eigenvalue weighted by molar-refractivity contribution is 5.99. The molecule has 0 radical (unpaired) electrons. The molecule has 96 valence electrons. The van der Waals surface area contributed by atoms with Crippen molar-refractivity contribution in [1.29, 1.82) is 0 Å². The topological polar surface area (TPSA) is 43.4 Å². The predicted molar refractivity (Wildman–Crippen MR) is 68.5 cm³/mol. The summed E-state index contributed by atoms with van der Waals surface area (Å²) in [6, 6.07) is 7.78. The Labute approximate surface area is 107 Å². The van der Waals surface area contributed by atoms with E-state index in [4.69, 9.17) is 0 Å². The lowest BCUT2D eigenvalue weighted by Crippen LogP contribution is -2.16. The number of rotatable bonds is 5. The zero-order chi connectivity index (χ0) is 13.1. The highest BCUT2D eigenvalue weighted by atomic mass is 16.5. The molecule has 3 heteroatoms. The summed E-state index contributed by atoms with van der Waals surface area (Å²) >= 11 is 0. The lowest BCUT2D eigenvalue weighted by Gasteiger charge is -2.09. The SMILES string of the molecule is COC(=O)CC(C)C(=O)c1ccc(C2CC2)cc1. The van der Waals surface area contributed by atoms with Crippen molar-refractivity contribution in [2.75, 3.05) is 7.11 Å². The van der Waals surface area contributed by atoms with Gasteiger partial charge >= 0.3 is 5.97 Å². The number of benzene rings is 1. The molecular formula is C15H18O3. The van der Waals surface area contributed by atoms with Gasteiger partial charge in [-0.3, -0.25) is 9.59 Å². The van der Waals surface area contributed by atoms with E-state index in [1.807, 2.05) is 24.3 Å². The number of carbonyl (C=O) groups excluding carboxylic acids is 2. The van der Waals surface area contributed by atoms with Crippen molar-refractivity contribution < 1.29 is 14.3 Å². The standard InChI is InChI=1S/C15H18O3/c1-10(9-14(16)18-2)15(17)13-7-5-12(6-8-13)11-3-4-11/h5-8,10-11H,3-4,9H2,1-2H3. The molecule has 0 bridgehead atoms. The van der Waals surface area contributed by atoms with Crippen LogP contribution >= 0.6 is 0 Å². The maximum Gasteiger partial charge on any atom is 0.306 e. The summed E-state index contributed by atoms with van der Waals surface area (Å²) in [5.41, 5.74) is 1.99. The molecule has 0 spiro atoms. The Morgan fingerprint density at radius 3 is 2.39 bits per heavy atom. The van der Waals surface area contributed by atoms with E-state index in [9.17, 15) is 9.59 Å². The van der Waals surface area contributed by atoms with Gasteiger partial charge in [0.15, 0.2) is 5.78 Å². The smallest absolute Gasteiger partial charge is 0.306 e. The average molecular weight is 246 g/mol. The van der Waals surface area contributed by atoms with Gasteiger partial charge in [0.05, 0.1) is 13.5 Å². The zero-order valence-electron chi connectivity index (χ0n) is 10.8. The third-order valence-electron chi connectivity index (χ3n) is 3.39. The summed E-state index contributed by atoms with van der Waals surface area (Å²) in [5, 5.41) is 0. The molecule has 0 saturated heterocycles. The normalized spacial score (nSPS) is 16.1. The van der Waals surface area contributed by atoms with Crippen molar-refractivity contribution in [3.8, 4) is 0 Å². The quantitative estimate of drug-likeness (QED) is 0.592. The zero-order valence-corrected chi connectivity index (χ0v) is 10.8. The molecule has 0 N–H and O–H groups in total. The van der Waals surface area contributed by atoms with E-state index < -0.39 is 0 Å². The first-order valence-corrected chi connectivity index (χ1v) is 6.32. The molecule has 1 aromatic rings.